The minimum absolute atomic E-state index is 0.0252. The molecule has 3 aromatic rings. The predicted molar refractivity (Wildman–Crippen MR) is 105 cm³/mol. The summed E-state index contributed by atoms with van der Waals surface area (Å²) in [5.41, 5.74) is -1.41. The number of benzene rings is 1. The Morgan fingerprint density at radius 3 is 2.50 bits per heavy atom. The van der Waals surface area contributed by atoms with Crippen LogP contribution in [0.15, 0.2) is 44.3 Å². The summed E-state index contributed by atoms with van der Waals surface area (Å²) < 4.78 is 5.43. The van der Waals surface area contributed by atoms with E-state index in [0.29, 0.717) is 11.5 Å². The predicted octanol–water partition coefficient (Wildman–Crippen LogP) is 1.22. The van der Waals surface area contributed by atoms with E-state index in [-0.39, 0.29) is 34.9 Å². The molecule has 0 unspecified atom stereocenters. The highest BCUT2D eigenvalue weighted by Gasteiger charge is 2.27. The molecule has 0 saturated carbocycles. The van der Waals surface area contributed by atoms with Crippen LogP contribution >= 0.6 is 0 Å². The molecule has 9 nitrogen and oxygen atoms in total. The first-order valence-corrected chi connectivity index (χ1v) is 8.42. The number of phenols is 1. The second-order valence-corrected chi connectivity index (χ2v) is 6.55. The molecule has 1 heterocycles. The van der Waals surface area contributed by atoms with Crippen LogP contribution in [0.2, 0.25) is 0 Å². The molecule has 0 bridgehead atoms. The molecule has 4 N–H and O–H groups in total. The van der Waals surface area contributed by atoms with Gasteiger partial charge in [-0.2, -0.15) is 0 Å². The number of hydrazine groups is 1. The van der Waals surface area contributed by atoms with E-state index >= 15 is 0 Å². The molecule has 28 heavy (non-hydrogen) atoms. The first-order chi connectivity index (χ1) is 13.2. The number of nitrogens with zero attached hydrogens (tertiary/aromatic N) is 2. The number of nitrogens with two attached hydrogens (primary N) is 1. The van der Waals surface area contributed by atoms with Gasteiger partial charge in [-0.05, 0) is 31.2 Å². The Hall–Kier alpha value is -3.59. The number of hydrogen-bond acceptors (Lipinski definition) is 8. The van der Waals surface area contributed by atoms with Crippen molar-refractivity contribution in [3.8, 4) is 5.75 Å². The summed E-state index contributed by atoms with van der Waals surface area (Å²) >= 11 is 0. The maximum atomic E-state index is 12.1. The van der Waals surface area contributed by atoms with E-state index in [1.807, 2.05) is 0 Å². The molecule has 3 rings (SSSR count). The zero-order valence-electron chi connectivity index (χ0n) is 15.6. The molecule has 0 fully saturated rings. The molecule has 2 aromatic carbocycles. The lowest BCUT2D eigenvalue weighted by molar-refractivity contribution is 0.0824. The highest BCUT2D eigenvalue weighted by atomic mass is 16.3. The number of furan rings is 1. The van der Waals surface area contributed by atoms with Crippen LogP contribution in [0.4, 0.5) is 17.1 Å². The lowest BCUT2D eigenvalue weighted by atomic mass is 10.1. The number of aromatic hydroxyl groups is 1. The fourth-order valence-corrected chi connectivity index (χ4v) is 2.78. The third-order valence-electron chi connectivity index (χ3n) is 4.23. The SMILES string of the molecule is Cc1ccc(CN(N)c2c(Nc3cccc(C(=O)N(C)C)c3O)c(=O)c2=O)o1. The number of amides is 1. The summed E-state index contributed by atoms with van der Waals surface area (Å²) in [4.78, 5) is 37.5. The topological polar surface area (TPSA) is 129 Å². The third-order valence-corrected chi connectivity index (χ3v) is 4.23. The summed E-state index contributed by atoms with van der Waals surface area (Å²) in [5, 5.41) is 14.2. The molecule has 1 amide bonds. The fourth-order valence-electron chi connectivity index (χ4n) is 2.78. The molecule has 0 aliphatic heterocycles. The fraction of sp³-hybridized carbons (Fsp3) is 0.211. The summed E-state index contributed by atoms with van der Waals surface area (Å²) in [6.07, 6.45) is 0. The van der Waals surface area contributed by atoms with E-state index in [9.17, 15) is 19.5 Å². The van der Waals surface area contributed by atoms with Crippen molar-refractivity contribution >= 4 is 23.0 Å². The second-order valence-electron chi connectivity index (χ2n) is 6.55. The highest BCUT2D eigenvalue weighted by Crippen LogP contribution is 2.32. The maximum Gasteiger partial charge on any atom is 0.257 e. The number of hydrogen-bond donors (Lipinski definition) is 3. The van der Waals surface area contributed by atoms with Gasteiger partial charge in [-0.25, -0.2) is 5.84 Å². The van der Waals surface area contributed by atoms with Crippen molar-refractivity contribution in [1.82, 2.24) is 4.90 Å². The average molecular weight is 384 g/mol. The van der Waals surface area contributed by atoms with Gasteiger partial charge >= 0.3 is 0 Å². The third kappa shape index (κ3) is 3.35. The highest BCUT2D eigenvalue weighted by molar-refractivity contribution is 5.99. The first kappa shape index (κ1) is 19.2. The van der Waals surface area contributed by atoms with Crippen LogP contribution in [-0.2, 0) is 6.54 Å². The number of nitrogens with one attached hydrogen (secondary N) is 1. The van der Waals surface area contributed by atoms with Crippen molar-refractivity contribution in [1.29, 1.82) is 0 Å². The van der Waals surface area contributed by atoms with E-state index in [1.165, 1.54) is 17.0 Å². The van der Waals surface area contributed by atoms with E-state index in [1.54, 1.807) is 39.2 Å². The minimum Gasteiger partial charge on any atom is -0.505 e. The van der Waals surface area contributed by atoms with Crippen molar-refractivity contribution in [2.75, 3.05) is 24.4 Å². The second kappa shape index (κ2) is 7.20. The Morgan fingerprint density at radius 2 is 1.89 bits per heavy atom. The van der Waals surface area contributed by atoms with Crippen molar-refractivity contribution in [3.63, 3.8) is 0 Å². The Kier molecular flexibility index (Phi) is 4.93. The zero-order valence-corrected chi connectivity index (χ0v) is 15.6. The average Bonchev–Trinajstić information content (AvgIpc) is 3.06. The van der Waals surface area contributed by atoms with E-state index in [4.69, 9.17) is 10.3 Å². The van der Waals surface area contributed by atoms with Gasteiger partial charge in [0.1, 0.15) is 22.9 Å². The monoisotopic (exact) mass is 384 g/mol. The van der Waals surface area contributed by atoms with Crippen molar-refractivity contribution < 1.29 is 14.3 Å². The number of carbonyl (C=O) groups excluding carboxylic acids is 1. The smallest absolute Gasteiger partial charge is 0.257 e. The molecule has 0 aliphatic carbocycles. The van der Waals surface area contributed by atoms with Crippen LogP contribution < -0.4 is 27.0 Å². The molecule has 0 spiro atoms. The van der Waals surface area contributed by atoms with Gasteiger partial charge < -0.3 is 19.7 Å². The Bertz CT molecular complexity index is 1110. The van der Waals surface area contributed by atoms with Gasteiger partial charge in [0, 0.05) is 14.1 Å². The van der Waals surface area contributed by atoms with E-state index in [0.717, 1.165) is 5.01 Å². The number of carbonyl (C=O) groups is 1. The molecule has 0 saturated heterocycles. The molecule has 146 valence electrons. The van der Waals surface area contributed by atoms with Gasteiger partial charge in [0.2, 0.25) is 0 Å². The van der Waals surface area contributed by atoms with Crippen molar-refractivity contribution in [3.05, 3.63) is 67.9 Å². The Labute approximate surface area is 160 Å². The maximum absolute atomic E-state index is 12.1. The molecule has 9 heteroatoms. The van der Waals surface area contributed by atoms with Crippen LogP contribution in [0.3, 0.4) is 0 Å². The van der Waals surface area contributed by atoms with Crippen LogP contribution in [0, 0.1) is 6.92 Å². The quantitative estimate of drug-likeness (QED) is 0.250. The van der Waals surface area contributed by atoms with Crippen molar-refractivity contribution in [2.24, 2.45) is 5.84 Å². The van der Waals surface area contributed by atoms with Gasteiger partial charge in [-0.3, -0.25) is 19.4 Å². The summed E-state index contributed by atoms with van der Waals surface area (Å²) in [6, 6.07) is 7.97. The van der Waals surface area contributed by atoms with Crippen LogP contribution in [-0.4, -0.2) is 30.0 Å². The molecule has 1 aromatic heterocycles. The van der Waals surface area contributed by atoms with E-state index < -0.39 is 16.8 Å². The molecular formula is C19H20N4O5. The number of phenolic OH excluding ortho intramolecular Hbond substituents is 1. The number of aryl methyl sites for hydroxylation is 1. The standard InChI is InChI=1S/C19H20N4O5/c1-10-7-8-11(28-10)9-23(20)15-14(17(25)18(15)26)21-13-6-4-5-12(16(13)24)19(27)22(2)3/h4-8,21,24H,9,20H2,1-3H3. The van der Waals surface area contributed by atoms with Gasteiger partial charge in [0.05, 0.1) is 17.8 Å². The Balaban J connectivity index is 1.90. The molecular weight excluding hydrogens is 364 g/mol. The number of anilines is 3. The summed E-state index contributed by atoms with van der Waals surface area (Å²) in [6.45, 7) is 1.86. The minimum atomic E-state index is -0.759. The Morgan fingerprint density at radius 1 is 1.18 bits per heavy atom. The van der Waals surface area contributed by atoms with Crippen LogP contribution in [0.25, 0.3) is 0 Å². The molecule has 0 atom stereocenters. The summed E-state index contributed by atoms with van der Waals surface area (Å²) in [7, 11) is 3.11. The number of para-hydroxylation sites is 1. The van der Waals surface area contributed by atoms with E-state index in [2.05, 4.69) is 5.32 Å². The normalized spacial score (nSPS) is 10.9. The zero-order chi connectivity index (χ0) is 20.6. The van der Waals surface area contributed by atoms with Crippen LogP contribution in [0.5, 0.6) is 5.75 Å². The van der Waals surface area contributed by atoms with Gasteiger partial charge in [-0.15, -0.1) is 0 Å². The molecule has 0 radical (unpaired) electrons. The van der Waals surface area contributed by atoms with Gasteiger partial charge in [0.25, 0.3) is 16.8 Å². The number of rotatable bonds is 6. The van der Waals surface area contributed by atoms with Gasteiger partial charge in [-0.1, -0.05) is 6.07 Å². The largest absolute Gasteiger partial charge is 0.505 e. The van der Waals surface area contributed by atoms with Gasteiger partial charge in [0.15, 0.2) is 5.75 Å². The van der Waals surface area contributed by atoms with Crippen LogP contribution in [0.1, 0.15) is 21.9 Å². The lowest BCUT2D eigenvalue weighted by Crippen LogP contribution is -2.45. The first-order valence-electron chi connectivity index (χ1n) is 8.42. The molecule has 0 aliphatic rings. The lowest BCUT2D eigenvalue weighted by Gasteiger charge is -2.22. The summed E-state index contributed by atoms with van der Waals surface area (Å²) in [5.74, 6) is 6.44. The van der Waals surface area contributed by atoms with Crippen molar-refractivity contribution in [2.45, 2.75) is 13.5 Å².